The average molecular weight is 272 g/mol. The summed E-state index contributed by atoms with van der Waals surface area (Å²) < 4.78 is 0. The van der Waals surface area contributed by atoms with Gasteiger partial charge in [-0.3, -0.25) is 4.79 Å². The molecule has 4 fully saturated rings. The van der Waals surface area contributed by atoms with Gasteiger partial charge in [-0.2, -0.15) is 0 Å². The average Bonchev–Trinajstić information content (AvgIpc) is 2.38. The standard InChI is InChI=1S/C17H20OS/c18-16(19-15-4-2-1-3-5-15)17-9-12-6-13(10-17)8-14(7-12)11-17/h1-5,12-14H,6-11H2. The summed E-state index contributed by atoms with van der Waals surface area (Å²) >= 11 is 1.49. The summed E-state index contributed by atoms with van der Waals surface area (Å²) in [6.45, 7) is 0. The Balaban J connectivity index is 1.56. The molecule has 0 N–H and O–H groups in total. The van der Waals surface area contributed by atoms with Crippen LogP contribution in [0.4, 0.5) is 0 Å². The van der Waals surface area contributed by atoms with Crippen LogP contribution in [0.1, 0.15) is 38.5 Å². The normalized spacial score (nSPS) is 39.5. The predicted octanol–water partition coefficient (Wildman–Crippen LogP) is 4.52. The molecule has 5 rings (SSSR count). The van der Waals surface area contributed by atoms with Gasteiger partial charge in [0.15, 0.2) is 5.12 Å². The van der Waals surface area contributed by atoms with Crippen molar-refractivity contribution in [1.82, 2.24) is 0 Å². The largest absolute Gasteiger partial charge is 0.286 e. The molecule has 0 unspecified atom stereocenters. The van der Waals surface area contributed by atoms with Crippen molar-refractivity contribution in [2.75, 3.05) is 0 Å². The quantitative estimate of drug-likeness (QED) is 0.736. The van der Waals surface area contributed by atoms with Gasteiger partial charge < -0.3 is 0 Å². The smallest absolute Gasteiger partial charge is 0.199 e. The Hall–Kier alpha value is -0.760. The van der Waals surface area contributed by atoms with Gasteiger partial charge in [-0.25, -0.2) is 0 Å². The monoisotopic (exact) mass is 272 g/mol. The van der Waals surface area contributed by atoms with Gasteiger partial charge in [-0.15, -0.1) is 0 Å². The number of carbonyl (C=O) groups is 1. The zero-order chi connectivity index (χ0) is 12.9. The van der Waals surface area contributed by atoms with Crippen molar-refractivity contribution in [1.29, 1.82) is 0 Å². The first kappa shape index (κ1) is 12.0. The Morgan fingerprint density at radius 1 is 0.947 bits per heavy atom. The number of hydrogen-bond acceptors (Lipinski definition) is 2. The maximum absolute atomic E-state index is 12.8. The minimum atomic E-state index is 0.0370. The highest BCUT2D eigenvalue weighted by Crippen LogP contribution is 2.61. The zero-order valence-corrected chi connectivity index (χ0v) is 12.0. The molecule has 0 amide bonds. The van der Waals surface area contributed by atoms with E-state index in [1.54, 1.807) is 0 Å². The van der Waals surface area contributed by atoms with Gasteiger partial charge in [0.05, 0.1) is 0 Å². The van der Waals surface area contributed by atoms with Crippen LogP contribution in [-0.4, -0.2) is 5.12 Å². The van der Waals surface area contributed by atoms with E-state index in [4.69, 9.17) is 0 Å². The first-order valence-corrected chi connectivity index (χ1v) is 8.32. The molecule has 4 bridgehead atoms. The van der Waals surface area contributed by atoms with Crippen molar-refractivity contribution < 1.29 is 4.79 Å². The maximum Gasteiger partial charge on any atom is 0.199 e. The van der Waals surface area contributed by atoms with Crippen molar-refractivity contribution in [3.63, 3.8) is 0 Å². The van der Waals surface area contributed by atoms with E-state index < -0.39 is 0 Å². The third kappa shape index (κ3) is 2.05. The van der Waals surface area contributed by atoms with Gasteiger partial charge in [0.1, 0.15) is 0 Å². The van der Waals surface area contributed by atoms with Crippen LogP contribution in [0.25, 0.3) is 0 Å². The fourth-order valence-corrected chi connectivity index (χ4v) is 6.04. The van der Waals surface area contributed by atoms with E-state index in [1.165, 1.54) is 50.3 Å². The second-order valence-electron chi connectivity index (χ2n) is 6.90. The molecule has 0 heterocycles. The summed E-state index contributed by atoms with van der Waals surface area (Å²) in [5.41, 5.74) is 0.0370. The highest BCUT2D eigenvalue weighted by molar-refractivity contribution is 8.13. The summed E-state index contributed by atoms with van der Waals surface area (Å²) in [5, 5.41) is 0.456. The highest BCUT2D eigenvalue weighted by atomic mass is 32.2. The lowest BCUT2D eigenvalue weighted by molar-refractivity contribution is -0.134. The molecule has 0 aromatic heterocycles. The number of carbonyl (C=O) groups excluding carboxylic acids is 1. The van der Waals surface area contributed by atoms with Crippen LogP contribution in [0.5, 0.6) is 0 Å². The van der Waals surface area contributed by atoms with Crippen molar-refractivity contribution in [3.05, 3.63) is 30.3 Å². The lowest BCUT2D eigenvalue weighted by Crippen LogP contribution is -2.49. The Bertz CT molecular complexity index is 458. The Kier molecular flexibility index (Phi) is 2.77. The summed E-state index contributed by atoms with van der Waals surface area (Å²) in [6.07, 6.45) is 7.75. The fraction of sp³-hybridized carbons (Fsp3) is 0.588. The molecule has 1 aromatic carbocycles. The first-order chi connectivity index (χ1) is 9.23. The van der Waals surface area contributed by atoms with Crippen molar-refractivity contribution in [2.24, 2.45) is 23.2 Å². The molecule has 0 aliphatic heterocycles. The van der Waals surface area contributed by atoms with Gasteiger partial charge in [0.25, 0.3) is 0 Å². The van der Waals surface area contributed by atoms with Crippen LogP contribution in [-0.2, 0) is 4.79 Å². The molecule has 4 aliphatic rings. The molecular formula is C17H20OS. The van der Waals surface area contributed by atoms with E-state index >= 15 is 0 Å². The van der Waals surface area contributed by atoms with Gasteiger partial charge >= 0.3 is 0 Å². The molecule has 4 aliphatic carbocycles. The Morgan fingerprint density at radius 2 is 1.47 bits per heavy atom. The van der Waals surface area contributed by atoms with E-state index in [2.05, 4.69) is 12.1 Å². The topological polar surface area (TPSA) is 17.1 Å². The Labute approximate surface area is 119 Å². The van der Waals surface area contributed by atoms with Crippen molar-refractivity contribution >= 4 is 16.9 Å². The number of hydrogen-bond donors (Lipinski definition) is 0. The molecular weight excluding hydrogens is 252 g/mol. The second kappa shape index (κ2) is 4.37. The Morgan fingerprint density at radius 3 is 2.00 bits per heavy atom. The molecule has 19 heavy (non-hydrogen) atoms. The van der Waals surface area contributed by atoms with E-state index in [1.807, 2.05) is 18.2 Å². The second-order valence-corrected chi connectivity index (χ2v) is 7.95. The summed E-state index contributed by atoms with van der Waals surface area (Å²) in [5.74, 6) is 2.56. The third-order valence-corrected chi connectivity index (χ3v) is 6.55. The predicted molar refractivity (Wildman–Crippen MR) is 77.9 cm³/mol. The minimum absolute atomic E-state index is 0.0370. The summed E-state index contributed by atoms with van der Waals surface area (Å²) in [7, 11) is 0. The van der Waals surface area contributed by atoms with E-state index in [9.17, 15) is 4.79 Å². The third-order valence-electron chi connectivity index (χ3n) is 5.43. The lowest BCUT2D eigenvalue weighted by atomic mass is 9.50. The number of rotatable bonds is 2. The summed E-state index contributed by atoms with van der Waals surface area (Å²) in [6, 6.07) is 10.2. The van der Waals surface area contributed by atoms with Crippen LogP contribution in [0.3, 0.4) is 0 Å². The van der Waals surface area contributed by atoms with E-state index in [0.717, 1.165) is 22.6 Å². The van der Waals surface area contributed by atoms with Crippen LogP contribution in [0, 0.1) is 23.2 Å². The molecule has 0 saturated heterocycles. The zero-order valence-electron chi connectivity index (χ0n) is 11.2. The fourth-order valence-electron chi connectivity index (χ4n) is 5.06. The molecule has 100 valence electrons. The van der Waals surface area contributed by atoms with Crippen LogP contribution < -0.4 is 0 Å². The van der Waals surface area contributed by atoms with Crippen LogP contribution >= 0.6 is 11.8 Å². The lowest BCUT2D eigenvalue weighted by Gasteiger charge is -2.55. The molecule has 0 radical (unpaired) electrons. The molecule has 4 saturated carbocycles. The number of thioether (sulfide) groups is 1. The van der Waals surface area contributed by atoms with Gasteiger partial charge in [0, 0.05) is 10.3 Å². The van der Waals surface area contributed by atoms with E-state index in [-0.39, 0.29) is 5.41 Å². The van der Waals surface area contributed by atoms with Crippen molar-refractivity contribution in [3.8, 4) is 0 Å². The van der Waals surface area contributed by atoms with Crippen molar-refractivity contribution in [2.45, 2.75) is 43.4 Å². The molecule has 1 aromatic rings. The van der Waals surface area contributed by atoms with Crippen LogP contribution in [0.15, 0.2) is 35.2 Å². The van der Waals surface area contributed by atoms with E-state index in [0.29, 0.717) is 5.12 Å². The van der Waals surface area contributed by atoms with Gasteiger partial charge in [-0.1, -0.05) is 30.0 Å². The molecule has 1 nitrogen and oxygen atoms in total. The first-order valence-electron chi connectivity index (χ1n) is 7.51. The SMILES string of the molecule is O=C(Sc1ccccc1)C12CC3CC(CC(C3)C1)C2. The molecule has 0 atom stereocenters. The highest BCUT2D eigenvalue weighted by Gasteiger charge is 2.54. The van der Waals surface area contributed by atoms with Gasteiger partial charge in [0.2, 0.25) is 0 Å². The van der Waals surface area contributed by atoms with Gasteiger partial charge in [-0.05, 0) is 68.4 Å². The minimum Gasteiger partial charge on any atom is -0.286 e. The molecule has 2 heteroatoms. The van der Waals surface area contributed by atoms with Crippen LogP contribution in [0.2, 0.25) is 0 Å². The summed E-state index contributed by atoms with van der Waals surface area (Å²) in [4.78, 5) is 13.9. The molecule has 0 spiro atoms. The number of benzene rings is 1. The maximum atomic E-state index is 12.8.